The number of nitrogens with zero attached hydrogens (tertiary/aromatic N) is 1. The lowest BCUT2D eigenvalue weighted by Gasteiger charge is -2.35. The molecule has 1 atom stereocenters. The summed E-state index contributed by atoms with van der Waals surface area (Å²) < 4.78 is 0.647. The van der Waals surface area contributed by atoms with E-state index in [9.17, 15) is 4.79 Å². The van der Waals surface area contributed by atoms with Crippen molar-refractivity contribution in [3.8, 4) is 0 Å². The first-order valence-electron chi connectivity index (χ1n) is 5.98. The van der Waals surface area contributed by atoms with E-state index in [-0.39, 0.29) is 5.56 Å². The molecule has 1 unspecified atom stereocenters. The third-order valence-corrected chi connectivity index (χ3v) is 4.34. The monoisotopic (exact) mass is 347 g/mol. The van der Waals surface area contributed by atoms with E-state index in [1.165, 1.54) is 19.2 Å². The van der Waals surface area contributed by atoms with E-state index in [0.29, 0.717) is 15.0 Å². The Labute approximate surface area is 115 Å². The Morgan fingerprint density at radius 1 is 1.59 bits per heavy atom. The average Bonchev–Trinajstić information content (AvgIpc) is 2.23. The maximum atomic E-state index is 11.5. The SMILES string of the molecule is CC1(C)CCCC(Nc2nc[nH]c(=O)c2I)C1. The Morgan fingerprint density at radius 3 is 3.06 bits per heavy atom. The van der Waals surface area contributed by atoms with Gasteiger partial charge in [0.05, 0.1) is 6.33 Å². The van der Waals surface area contributed by atoms with E-state index in [4.69, 9.17) is 0 Å². The molecule has 0 bridgehead atoms. The first kappa shape index (κ1) is 12.9. The standard InChI is InChI=1S/C12H18IN3O/c1-12(2)5-3-4-8(6-12)16-10-9(13)11(17)15-7-14-10/h7-8H,3-6H2,1-2H3,(H2,14,15,16,17). The van der Waals surface area contributed by atoms with Crippen LogP contribution in [0.15, 0.2) is 11.1 Å². The molecule has 0 aliphatic heterocycles. The van der Waals surface area contributed by atoms with Crippen molar-refractivity contribution in [2.75, 3.05) is 5.32 Å². The molecule has 1 aliphatic rings. The van der Waals surface area contributed by atoms with E-state index in [0.717, 1.165) is 18.7 Å². The van der Waals surface area contributed by atoms with Crippen molar-refractivity contribution in [2.24, 2.45) is 5.41 Å². The molecule has 0 radical (unpaired) electrons. The number of aromatic amines is 1. The summed E-state index contributed by atoms with van der Waals surface area (Å²) in [7, 11) is 0. The Bertz CT molecular complexity index is 455. The summed E-state index contributed by atoms with van der Waals surface area (Å²) in [5, 5.41) is 3.41. The van der Waals surface area contributed by atoms with Gasteiger partial charge < -0.3 is 10.3 Å². The van der Waals surface area contributed by atoms with Crippen LogP contribution in [0, 0.1) is 8.99 Å². The number of hydrogen-bond acceptors (Lipinski definition) is 3. The fraction of sp³-hybridized carbons (Fsp3) is 0.667. The minimum absolute atomic E-state index is 0.0711. The topological polar surface area (TPSA) is 57.8 Å². The molecule has 1 fully saturated rings. The minimum atomic E-state index is -0.0711. The largest absolute Gasteiger partial charge is 0.366 e. The summed E-state index contributed by atoms with van der Waals surface area (Å²) >= 11 is 2.04. The summed E-state index contributed by atoms with van der Waals surface area (Å²) in [6.07, 6.45) is 6.28. The smallest absolute Gasteiger partial charge is 0.266 e. The van der Waals surface area contributed by atoms with E-state index in [2.05, 4.69) is 29.1 Å². The van der Waals surface area contributed by atoms with Gasteiger partial charge in [-0.05, 0) is 47.3 Å². The first-order chi connectivity index (χ1) is 7.98. The molecular weight excluding hydrogens is 329 g/mol. The van der Waals surface area contributed by atoms with Crippen LogP contribution >= 0.6 is 22.6 Å². The van der Waals surface area contributed by atoms with Crippen molar-refractivity contribution in [3.05, 3.63) is 20.3 Å². The lowest BCUT2D eigenvalue weighted by Crippen LogP contribution is -2.33. The molecule has 17 heavy (non-hydrogen) atoms. The third kappa shape index (κ3) is 3.20. The van der Waals surface area contributed by atoms with Crippen LogP contribution in [0.2, 0.25) is 0 Å². The molecule has 1 aromatic heterocycles. The van der Waals surface area contributed by atoms with Crippen molar-refractivity contribution >= 4 is 28.4 Å². The Kier molecular flexibility index (Phi) is 3.75. The van der Waals surface area contributed by atoms with Gasteiger partial charge in [0.2, 0.25) is 0 Å². The predicted octanol–water partition coefficient (Wildman–Crippen LogP) is 2.76. The van der Waals surface area contributed by atoms with E-state index in [1.807, 2.05) is 22.6 Å². The molecule has 0 amide bonds. The zero-order valence-electron chi connectivity index (χ0n) is 10.2. The highest BCUT2D eigenvalue weighted by Crippen LogP contribution is 2.36. The first-order valence-corrected chi connectivity index (χ1v) is 7.05. The molecule has 2 rings (SSSR count). The van der Waals surface area contributed by atoms with Gasteiger partial charge in [0, 0.05) is 6.04 Å². The summed E-state index contributed by atoms with van der Waals surface area (Å²) in [4.78, 5) is 18.3. The van der Waals surface area contributed by atoms with Gasteiger partial charge >= 0.3 is 0 Å². The van der Waals surface area contributed by atoms with Crippen LogP contribution in [0.3, 0.4) is 0 Å². The van der Waals surface area contributed by atoms with Crippen molar-refractivity contribution in [3.63, 3.8) is 0 Å². The molecule has 1 saturated carbocycles. The van der Waals surface area contributed by atoms with Crippen LogP contribution in [0.4, 0.5) is 5.82 Å². The normalized spacial score (nSPS) is 23.4. The van der Waals surface area contributed by atoms with Crippen LogP contribution in [0.1, 0.15) is 39.5 Å². The van der Waals surface area contributed by atoms with Gasteiger partial charge in [0.1, 0.15) is 9.39 Å². The second-order valence-electron chi connectivity index (χ2n) is 5.50. The molecule has 4 nitrogen and oxygen atoms in total. The zero-order valence-corrected chi connectivity index (χ0v) is 12.4. The van der Waals surface area contributed by atoms with Gasteiger partial charge in [0.15, 0.2) is 0 Å². The zero-order chi connectivity index (χ0) is 12.5. The molecule has 1 aliphatic carbocycles. The molecule has 94 valence electrons. The number of hydrogen-bond donors (Lipinski definition) is 2. The maximum absolute atomic E-state index is 11.5. The van der Waals surface area contributed by atoms with Crippen LogP contribution in [0.5, 0.6) is 0 Å². The Hall–Kier alpha value is -0.590. The number of aromatic nitrogens is 2. The lowest BCUT2D eigenvalue weighted by molar-refractivity contribution is 0.229. The van der Waals surface area contributed by atoms with Crippen molar-refractivity contribution in [1.82, 2.24) is 9.97 Å². The van der Waals surface area contributed by atoms with Gasteiger partial charge in [-0.3, -0.25) is 4.79 Å². The second-order valence-corrected chi connectivity index (χ2v) is 6.57. The molecule has 5 heteroatoms. The fourth-order valence-electron chi connectivity index (χ4n) is 2.50. The fourth-order valence-corrected chi connectivity index (χ4v) is 2.95. The number of anilines is 1. The van der Waals surface area contributed by atoms with E-state index >= 15 is 0 Å². The lowest BCUT2D eigenvalue weighted by atomic mass is 9.75. The summed E-state index contributed by atoms with van der Waals surface area (Å²) in [5.74, 6) is 0.719. The number of halogens is 1. The predicted molar refractivity (Wildman–Crippen MR) is 77.2 cm³/mol. The Balaban J connectivity index is 2.11. The third-order valence-electron chi connectivity index (χ3n) is 3.34. The van der Waals surface area contributed by atoms with Crippen LogP contribution < -0.4 is 10.9 Å². The number of rotatable bonds is 2. The van der Waals surface area contributed by atoms with Gasteiger partial charge in [0.25, 0.3) is 5.56 Å². The molecule has 0 spiro atoms. The van der Waals surface area contributed by atoms with E-state index < -0.39 is 0 Å². The highest BCUT2D eigenvalue weighted by atomic mass is 127. The summed E-state index contributed by atoms with van der Waals surface area (Å²) in [5.41, 5.74) is 0.320. The van der Waals surface area contributed by atoms with Gasteiger partial charge in [-0.25, -0.2) is 4.98 Å². The highest BCUT2D eigenvalue weighted by molar-refractivity contribution is 14.1. The van der Waals surface area contributed by atoms with Crippen LogP contribution in [-0.4, -0.2) is 16.0 Å². The maximum Gasteiger partial charge on any atom is 0.266 e. The van der Waals surface area contributed by atoms with Gasteiger partial charge in [-0.2, -0.15) is 0 Å². The van der Waals surface area contributed by atoms with Crippen molar-refractivity contribution < 1.29 is 0 Å². The average molecular weight is 347 g/mol. The van der Waals surface area contributed by atoms with Gasteiger partial charge in [-0.15, -0.1) is 0 Å². The highest BCUT2D eigenvalue weighted by Gasteiger charge is 2.28. The van der Waals surface area contributed by atoms with E-state index in [1.54, 1.807) is 0 Å². The quantitative estimate of drug-likeness (QED) is 0.809. The van der Waals surface area contributed by atoms with Crippen LogP contribution in [0.25, 0.3) is 0 Å². The van der Waals surface area contributed by atoms with Crippen molar-refractivity contribution in [2.45, 2.75) is 45.6 Å². The van der Waals surface area contributed by atoms with Crippen LogP contribution in [-0.2, 0) is 0 Å². The molecular formula is C12H18IN3O. The summed E-state index contributed by atoms with van der Waals surface area (Å²) in [6, 6.07) is 0.432. The molecule has 2 N–H and O–H groups in total. The molecule has 1 heterocycles. The molecule has 0 aromatic carbocycles. The molecule has 1 aromatic rings. The molecule has 0 saturated heterocycles. The minimum Gasteiger partial charge on any atom is -0.366 e. The Morgan fingerprint density at radius 2 is 2.35 bits per heavy atom. The second kappa shape index (κ2) is 4.96. The summed E-state index contributed by atoms with van der Waals surface area (Å²) in [6.45, 7) is 4.61. The van der Waals surface area contributed by atoms with Crippen molar-refractivity contribution in [1.29, 1.82) is 0 Å². The number of H-pyrrole nitrogens is 1. The number of nitrogens with one attached hydrogen (secondary N) is 2. The van der Waals surface area contributed by atoms with Gasteiger partial charge in [-0.1, -0.05) is 20.3 Å².